The van der Waals surface area contributed by atoms with Crippen molar-refractivity contribution < 1.29 is 22.7 Å². The van der Waals surface area contributed by atoms with Crippen LogP contribution in [0.2, 0.25) is 5.02 Å². The van der Waals surface area contributed by atoms with Gasteiger partial charge in [0.25, 0.3) is 10.0 Å². The summed E-state index contributed by atoms with van der Waals surface area (Å²) in [6.07, 6.45) is 1.73. The van der Waals surface area contributed by atoms with E-state index in [1.54, 1.807) is 31.2 Å². The molecular weight excluding hydrogens is 550 g/mol. The van der Waals surface area contributed by atoms with Gasteiger partial charge in [0.2, 0.25) is 11.8 Å². The third kappa shape index (κ3) is 8.22. The summed E-state index contributed by atoms with van der Waals surface area (Å²) < 4.78 is 34.3. The second-order valence-electron chi connectivity index (χ2n) is 9.22. The maximum Gasteiger partial charge on any atom is 0.264 e. The van der Waals surface area contributed by atoms with Gasteiger partial charge in [0.05, 0.1) is 17.2 Å². The van der Waals surface area contributed by atoms with E-state index in [0.717, 1.165) is 22.7 Å². The molecule has 1 N–H and O–H groups in total. The monoisotopic (exact) mass is 585 g/mol. The molecule has 3 rings (SSSR count). The van der Waals surface area contributed by atoms with Crippen LogP contribution in [0.3, 0.4) is 0 Å². The number of rotatable bonds is 14. The predicted molar refractivity (Wildman–Crippen MR) is 158 cm³/mol. The number of carbonyl (C=O) groups excluding carboxylic acids is 2. The first kappa shape index (κ1) is 31.0. The van der Waals surface area contributed by atoms with Crippen LogP contribution >= 0.6 is 11.6 Å². The molecule has 0 aliphatic carbocycles. The van der Waals surface area contributed by atoms with Crippen molar-refractivity contribution in [3.8, 4) is 5.75 Å². The van der Waals surface area contributed by atoms with E-state index >= 15 is 0 Å². The molecule has 3 aromatic carbocycles. The van der Waals surface area contributed by atoms with Crippen molar-refractivity contribution in [1.29, 1.82) is 0 Å². The summed E-state index contributed by atoms with van der Waals surface area (Å²) in [6.45, 7) is 6.10. The largest absolute Gasteiger partial charge is 0.494 e. The SMILES string of the molecule is CCCCNC(=O)[C@@H](C)N(Cc1ccccc1)C(=O)CN(c1ccc(OCC)cc1)S(=O)(=O)c1ccc(Cl)cc1. The molecule has 0 bridgehead atoms. The van der Waals surface area contributed by atoms with Crippen molar-refractivity contribution in [2.75, 3.05) is 24.0 Å². The minimum atomic E-state index is -4.18. The fourth-order valence-corrected chi connectivity index (χ4v) is 5.58. The molecule has 0 aliphatic rings. The lowest BCUT2D eigenvalue weighted by molar-refractivity contribution is -0.139. The number of sulfonamides is 1. The Labute approximate surface area is 241 Å². The standard InChI is InChI=1S/C30H36ClN3O5S/c1-4-6-20-32-30(36)23(3)33(21-24-10-8-7-9-11-24)29(35)22-34(26-14-16-27(17-15-26)39-5-2)40(37,38)28-18-12-25(31)13-19-28/h7-19,23H,4-6,20-22H2,1-3H3,(H,32,36)/t23-/m1/s1. The molecule has 2 amide bonds. The summed E-state index contributed by atoms with van der Waals surface area (Å²) in [5.74, 6) is -0.246. The first-order chi connectivity index (χ1) is 19.2. The summed E-state index contributed by atoms with van der Waals surface area (Å²) in [6, 6.07) is 20.7. The lowest BCUT2D eigenvalue weighted by atomic mass is 10.1. The van der Waals surface area contributed by atoms with Crippen molar-refractivity contribution in [3.05, 3.63) is 89.4 Å². The van der Waals surface area contributed by atoms with Crippen LogP contribution in [0.5, 0.6) is 5.75 Å². The summed E-state index contributed by atoms with van der Waals surface area (Å²) in [5, 5.41) is 3.27. The first-order valence-corrected chi connectivity index (χ1v) is 15.1. The van der Waals surface area contributed by atoms with E-state index in [-0.39, 0.29) is 23.0 Å². The highest BCUT2D eigenvalue weighted by Crippen LogP contribution is 2.27. The molecule has 0 spiro atoms. The van der Waals surface area contributed by atoms with Crippen LogP contribution in [0.15, 0.2) is 83.8 Å². The molecule has 40 heavy (non-hydrogen) atoms. The number of benzene rings is 3. The Kier molecular flexibility index (Phi) is 11.4. The van der Waals surface area contributed by atoms with Gasteiger partial charge in [-0.25, -0.2) is 8.42 Å². The average molecular weight is 586 g/mol. The number of amides is 2. The van der Waals surface area contributed by atoms with Gasteiger partial charge in [0.15, 0.2) is 0 Å². The van der Waals surface area contributed by atoms with E-state index in [9.17, 15) is 18.0 Å². The van der Waals surface area contributed by atoms with Crippen LogP contribution in [0.1, 0.15) is 39.2 Å². The minimum Gasteiger partial charge on any atom is -0.494 e. The molecular formula is C30H36ClN3O5S. The molecule has 3 aromatic rings. The van der Waals surface area contributed by atoms with Crippen molar-refractivity contribution in [2.24, 2.45) is 0 Å². The molecule has 0 heterocycles. The van der Waals surface area contributed by atoms with Gasteiger partial charge in [-0.3, -0.25) is 13.9 Å². The van der Waals surface area contributed by atoms with Crippen molar-refractivity contribution in [1.82, 2.24) is 10.2 Å². The van der Waals surface area contributed by atoms with Crippen LogP contribution in [-0.4, -0.2) is 50.9 Å². The lowest BCUT2D eigenvalue weighted by Gasteiger charge is -2.32. The number of carbonyl (C=O) groups is 2. The minimum absolute atomic E-state index is 0.0152. The Balaban J connectivity index is 1.99. The highest BCUT2D eigenvalue weighted by molar-refractivity contribution is 7.92. The van der Waals surface area contributed by atoms with E-state index in [2.05, 4.69) is 5.32 Å². The van der Waals surface area contributed by atoms with E-state index in [1.165, 1.54) is 29.2 Å². The van der Waals surface area contributed by atoms with Crippen LogP contribution < -0.4 is 14.4 Å². The van der Waals surface area contributed by atoms with E-state index in [1.807, 2.05) is 44.2 Å². The molecule has 0 saturated heterocycles. The maximum absolute atomic E-state index is 13.9. The zero-order valence-corrected chi connectivity index (χ0v) is 24.6. The van der Waals surface area contributed by atoms with Crippen molar-refractivity contribution in [2.45, 2.75) is 51.1 Å². The zero-order valence-electron chi connectivity index (χ0n) is 23.0. The molecule has 0 aromatic heterocycles. The topological polar surface area (TPSA) is 96.0 Å². The molecule has 10 heteroatoms. The molecule has 1 atom stereocenters. The van der Waals surface area contributed by atoms with Gasteiger partial charge in [0.1, 0.15) is 18.3 Å². The summed E-state index contributed by atoms with van der Waals surface area (Å²) in [5.41, 5.74) is 1.10. The second-order valence-corrected chi connectivity index (χ2v) is 11.5. The third-order valence-corrected chi connectivity index (χ3v) is 8.35. The highest BCUT2D eigenvalue weighted by atomic mass is 35.5. The van der Waals surface area contributed by atoms with Crippen LogP contribution in [0.4, 0.5) is 5.69 Å². The fraction of sp³-hybridized carbons (Fsp3) is 0.333. The molecule has 214 valence electrons. The number of ether oxygens (including phenoxy) is 1. The van der Waals surface area contributed by atoms with Gasteiger partial charge in [-0.2, -0.15) is 0 Å². The molecule has 0 saturated carbocycles. The normalized spacial score (nSPS) is 11.9. The second kappa shape index (κ2) is 14.7. The third-order valence-electron chi connectivity index (χ3n) is 6.31. The predicted octanol–water partition coefficient (Wildman–Crippen LogP) is 5.27. The summed E-state index contributed by atoms with van der Waals surface area (Å²) in [4.78, 5) is 28.3. The number of nitrogens with one attached hydrogen (secondary N) is 1. The smallest absolute Gasteiger partial charge is 0.264 e. The number of hydrogen-bond donors (Lipinski definition) is 1. The molecule has 0 unspecified atom stereocenters. The van der Waals surface area contributed by atoms with Gasteiger partial charge in [-0.05, 0) is 74.4 Å². The van der Waals surface area contributed by atoms with E-state index < -0.39 is 28.5 Å². The van der Waals surface area contributed by atoms with Gasteiger partial charge < -0.3 is 15.0 Å². The molecule has 0 radical (unpaired) electrons. The number of anilines is 1. The Bertz CT molecular complexity index is 1350. The van der Waals surface area contributed by atoms with Crippen molar-refractivity contribution >= 4 is 39.1 Å². The first-order valence-electron chi connectivity index (χ1n) is 13.3. The van der Waals surface area contributed by atoms with E-state index in [0.29, 0.717) is 23.9 Å². The number of halogens is 1. The molecule has 8 nitrogen and oxygen atoms in total. The molecule has 0 fully saturated rings. The van der Waals surface area contributed by atoms with Gasteiger partial charge >= 0.3 is 0 Å². The Morgan fingerprint density at radius 1 is 0.950 bits per heavy atom. The zero-order chi connectivity index (χ0) is 29.1. The Morgan fingerprint density at radius 2 is 1.60 bits per heavy atom. The number of unbranched alkanes of at least 4 members (excludes halogenated alkanes) is 1. The van der Waals surface area contributed by atoms with Crippen molar-refractivity contribution in [3.63, 3.8) is 0 Å². The highest BCUT2D eigenvalue weighted by Gasteiger charge is 2.32. The van der Waals surface area contributed by atoms with E-state index in [4.69, 9.17) is 16.3 Å². The molecule has 0 aliphatic heterocycles. The van der Waals surface area contributed by atoms with Crippen LogP contribution in [0.25, 0.3) is 0 Å². The lowest BCUT2D eigenvalue weighted by Crippen LogP contribution is -2.51. The number of nitrogens with zero attached hydrogens (tertiary/aromatic N) is 2. The summed E-state index contributed by atoms with van der Waals surface area (Å²) in [7, 11) is -4.18. The number of hydrogen-bond acceptors (Lipinski definition) is 5. The van der Waals surface area contributed by atoms with Gasteiger partial charge in [-0.15, -0.1) is 0 Å². The average Bonchev–Trinajstić information content (AvgIpc) is 2.95. The van der Waals surface area contributed by atoms with Crippen LogP contribution in [0, 0.1) is 0 Å². The van der Waals surface area contributed by atoms with Crippen LogP contribution in [-0.2, 0) is 26.2 Å². The quantitative estimate of drug-likeness (QED) is 0.260. The maximum atomic E-state index is 13.9. The van der Waals surface area contributed by atoms with Gasteiger partial charge in [-0.1, -0.05) is 55.3 Å². The Morgan fingerprint density at radius 3 is 2.20 bits per heavy atom. The fourth-order valence-electron chi connectivity index (χ4n) is 4.04. The van der Waals surface area contributed by atoms with Gasteiger partial charge in [0, 0.05) is 18.1 Å². The Hall–Kier alpha value is -3.56. The summed E-state index contributed by atoms with van der Waals surface area (Å²) >= 11 is 6.00.